The third-order valence-corrected chi connectivity index (χ3v) is 6.27. The maximum Gasteiger partial charge on any atom is 0.410 e. The maximum atomic E-state index is 14.7. The summed E-state index contributed by atoms with van der Waals surface area (Å²) in [7, 11) is 0. The van der Waals surface area contributed by atoms with Gasteiger partial charge in [-0.2, -0.15) is 5.26 Å². The van der Waals surface area contributed by atoms with E-state index in [1.54, 1.807) is 33.0 Å². The predicted octanol–water partition coefficient (Wildman–Crippen LogP) is 3.16. The zero-order valence-corrected chi connectivity index (χ0v) is 21.0. The van der Waals surface area contributed by atoms with E-state index in [4.69, 9.17) is 9.47 Å². The summed E-state index contributed by atoms with van der Waals surface area (Å²) in [6, 6.07) is 8.60. The Kier molecular flexibility index (Phi) is 7.31. The van der Waals surface area contributed by atoms with Crippen molar-refractivity contribution in [1.29, 1.82) is 5.26 Å². The molecule has 4 rings (SSSR count). The van der Waals surface area contributed by atoms with Gasteiger partial charge >= 0.3 is 6.09 Å². The van der Waals surface area contributed by atoms with Crippen LogP contribution in [0.1, 0.15) is 39.7 Å². The fraction of sp³-hybridized carbons (Fsp3) is 0.538. The number of ether oxygens (including phenoxy) is 2. The summed E-state index contributed by atoms with van der Waals surface area (Å²) < 4.78 is 26.1. The van der Waals surface area contributed by atoms with E-state index < -0.39 is 35.9 Å². The van der Waals surface area contributed by atoms with Crippen LogP contribution < -0.4 is 10.2 Å². The van der Waals surface area contributed by atoms with Gasteiger partial charge in [0.25, 0.3) is 5.91 Å². The van der Waals surface area contributed by atoms with Crippen LogP contribution in [0.4, 0.5) is 14.9 Å². The molecule has 192 valence electrons. The molecule has 1 aromatic heterocycles. The quantitative estimate of drug-likeness (QED) is 0.694. The van der Waals surface area contributed by atoms with Crippen molar-refractivity contribution in [3.05, 3.63) is 36.0 Å². The third-order valence-electron chi connectivity index (χ3n) is 6.27. The number of halogens is 1. The van der Waals surface area contributed by atoms with Gasteiger partial charge in [-0.05, 0) is 58.4 Å². The number of benzene rings is 1. The molecule has 2 aliphatic heterocycles. The number of nitriles is 1. The molecule has 10 heteroatoms. The number of likely N-dealkylation sites (tertiary alicyclic amines) is 1. The summed E-state index contributed by atoms with van der Waals surface area (Å²) in [6.07, 6.45) is -1.14. The number of nitrogens with zero attached hydrogens (tertiary/aromatic N) is 4. The molecule has 0 spiro atoms. The molecular weight excluding hydrogens is 465 g/mol. The highest BCUT2D eigenvalue weighted by atomic mass is 19.1. The largest absolute Gasteiger partial charge is 0.444 e. The number of piperidine rings is 1. The summed E-state index contributed by atoms with van der Waals surface area (Å²) >= 11 is 0. The first kappa shape index (κ1) is 25.6. The van der Waals surface area contributed by atoms with Crippen molar-refractivity contribution in [2.24, 2.45) is 0 Å². The van der Waals surface area contributed by atoms with Crippen molar-refractivity contribution in [2.45, 2.75) is 64.1 Å². The highest BCUT2D eigenvalue weighted by Crippen LogP contribution is 2.30. The first-order chi connectivity index (χ1) is 17.1. The lowest BCUT2D eigenvalue weighted by Crippen LogP contribution is -2.60. The van der Waals surface area contributed by atoms with Crippen LogP contribution in [0.5, 0.6) is 0 Å². The molecule has 2 amide bonds. The summed E-state index contributed by atoms with van der Waals surface area (Å²) in [5, 5.41) is 13.0. The first-order valence-electron chi connectivity index (χ1n) is 12.2. The first-order valence-corrected chi connectivity index (χ1v) is 12.2. The maximum absolute atomic E-state index is 14.7. The Morgan fingerprint density at radius 1 is 1.25 bits per heavy atom. The number of anilines is 1. The van der Waals surface area contributed by atoms with Gasteiger partial charge in [0.1, 0.15) is 17.8 Å². The van der Waals surface area contributed by atoms with Crippen LogP contribution in [0.15, 0.2) is 30.5 Å². The highest BCUT2D eigenvalue weighted by molar-refractivity contribution is 5.95. The van der Waals surface area contributed by atoms with Crippen molar-refractivity contribution >= 4 is 28.6 Å². The summed E-state index contributed by atoms with van der Waals surface area (Å²) in [6.45, 7) is 8.24. The number of aromatic nitrogens is 1. The molecule has 4 atom stereocenters. The number of carbonyl (C=O) groups is 2. The number of hydrogen-bond acceptors (Lipinski definition) is 7. The van der Waals surface area contributed by atoms with Crippen LogP contribution in [0.3, 0.4) is 0 Å². The van der Waals surface area contributed by atoms with E-state index in [1.165, 1.54) is 4.90 Å². The Morgan fingerprint density at radius 2 is 2.03 bits per heavy atom. The number of rotatable bonds is 3. The molecule has 0 radical (unpaired) electrons. The van der Waals surface area contributed by atoms with E-state index in [2.05, 4.69) is 16.4 Å². The number of fused-ring (bicyclic) bond motifs is 1. The smallest absolute Gasteiger partial charge is 0.410 e. The molecule has 0 bridgehead atoms. The molecule has 2 saturated heterocycles. The van der Waals surface area contributed by atoms with Crippen molar-refractivity contribution in [3.8, 4) is 6.07 Å². The van der Waals surface area contributed by atoms with Gasteiger partial charge in [0.2, 0.25) is 0 Å². The molecule has 3 heterocycles. The van der Waals surface area contributed by atoms with E-state index >= 15 is 0 Å². The zero-order chi connectivity index (χ0) is 26.0. The molecule has 2 aliphatic rings. The Morgan fingerprint density at radius 3 is 2.75 bits per heavy atom. The van der Waals surface area contributed by atoms with Gasteiger partial charge in [-0.1, -0.05) is 0 Å². The lowest BCUT2D eigenvalue weighted by Gasteiger charge is -2.40. The molecule has 1 N–H and O–H groups in total. The molecule has 9 nitrogen and oxygen atoms in total. The Labute approximate surface area is 210 Å². The summed E-state index contributed by atoms with van der Waals surface area (Å²) in [5.41, 5.74) is 1.26. The zero-order valence-electron chi connectivity index (χ0n) is 21.0. The number of morpholine rings is 1. The van der Waals surface area contributed by atoms with Gasteiger partial charge in [-0.25, -0.2) is 9.18 Å². The number of carbonyl (C=O) groups excluding carboxylic acids is 2. The molecule has 2 fully saturated rings. The van der Waals surface area contributed by atoms with Crippen LogP contribution in [0.25, 0.3) is 10.9 Å². The monoisotopic (exact) mass is 497 g/mol. The lowest BCUT2D eigenvalue weighted by atomic mass is 10.0. The standard InChI is InChI=1S/C26H32FN5O4/c1-16-13-32(21-8-7-17(12-28)23-18(21)6-5-10-29-23)15-22(35-16)24(33)30-20-14-31(11-9-19(20)27)25(34)36-26(2,3)4/h5-8,10,16,19-20,22H,9,11,13-15H2,1-4H3,(H,30,33)/t16?,19-,20+,22?/m0/s1. The van der Waals surface area contributed by atoms with Crippen molar-refractivity contribution < 1.29 is 23.5 Å². The van der Waals surface area contributed by atoms with E-state index in [0.29, 0.717) is 17.6 Å². The minimum Gasteiger partial charge on any atom is -0.444 e. The number of pyridine rings is 1. The van der Waals surface area contributed by atoms with Crippen LogP contribution in [0, 0.1) is 11.3 Å². The van der Waals surface area contributed by atoms with Gasteiger partial charge < -0.3 is 24.6 Å². The average Bonchev–Trinajstić information content (AvgIpc) is 2.83. The molecule has 0 saturated carbocycles. The Hall–Kier alpha value is -3.45. The normalized spacial score (nSPS) is 24.8. The van der Waals surface area contributed by atoms with E-state index in [1.807, 2.05) is 30.0 Å². The molecule has 2 unspecified atom stereocenters. The van der Waals surface area contributed by atoms with Crippen molar-refractivity contribution in [3.63, 3.8) is 0 Å². The summed E-state index contributed by atoms with van der Waals surface area (Å²) in [5.74, 6) is -0.429. The highest BCUT2D eigenvalue weighted by Gasteiger charge is 2.38. The van der Waals surface area contributed by atoms with E-state index in [-0.39, 0.29) is 32.2 Å². The van der Waals surface area contributed by atoms with Crippen LogP contribution in [-0.4, -0.2) is 78.1 Å². The third kappa shape index (κ3) is 5.68. The number of hydrogen-bond donors (Lipinski definition) is 1. The molecule has 0 aliphatic carbocycles. The van der Waals surface area contributed by atoms with Gasteiger partial charge in [0.05, 0.1) is 29.8 Å². The minimum absolute atomic E-state index is 0.0275. The second-order valence-corrected chi connectivity index (χ2v) is 10.3. The second kappa shape index (κ2) is 10.3. The van der Waals surface area contributed by atoms with Crippen molar-refractivity contribution in [2.75, 3.05) is 31.1 Å². The molecule has 36 heavy (non-hydrogen) atoms. The fourth-order valence-corrected chi connectivity index (χ4v) is 4.64. The fourth-order valence-electron chi connectivity index (χ4n) is 4.64. The molecular formula is C26H32FN5O4. The van der Waals surface area contributed by atoms with Gasteiger partial charge in [0, 0.05) is 36.9 Å². The SMILES string of the molecule is CC1CN(c2ccc(C#N)c3ncccc23)CC(C(=O)N[C@@H]2CN(C(=O)OC(C)(C)C)CC[C@@H]2F)O1. The Bertz CT molecular complexity index is 1180. The predicted molar refractivity (Wildman–Crippen MR) is 132 cm³/mol. The molecule has 1 aromatic carbocycles. The van der Waals surface area contributed by atoms with Crippen LogP contribution in [-0.2, 0) is 14.3 Å². The molecule has 2 aromatic rings. The topological polar surface area (TPSA) is 108 Å². The summed E-state index contributed by atoms with van der Waals surface area (Å²) in [4.78, 5) is 33.5. The van der Waals surface area contributed by atoms with Gasteiger partial charge in [-0.15, -0.1) is 0 Å². The number of nitrogens with one attached hydrogen (secondary N) is 1. The van der Waals surface area contributed by atoms with Gasteiger partial charge in [-0.3, -0.25) is 9.78 Å². The van der Waals surface area contributed by atoms with Crippen LogP contribution in [0.2, 0.25) is 0 Å². The van der Waals surface area contributed by atoms with E-state index in [9.17, 15) is 19.2 Å². The lowest BCUT2D eigenvalue weighted by molar-refractivity contribution is -0.139. The van der Waals surface area contributed by atoms with Crippen LogP contribution >= 0.6 is 0 Å². The van der Waals surface area contributed by atoms with E-state index in [0.717, 1.165) is 11.1 Å². The Balaban J connectivity index is 1.47. The van der Waals surface area contributed by atoms with Crippen molar-refractivity contribution in [1.82, 2.24) is 15.2 Å². The number of amides is 2. The van der Waals surface area contributed by atoms with Gasteiger partial charge in [0.15, 0.2) is 6.10 Å². The number of alkyl halides is 1. The minimum atomic E-state index is -1.28. The second-order valence-electron chi connectivity index (χ2n) is 10.3. The average molecular weight is 498 g/mol.